The third kappa shape index (κ3) is 5.77. The number of nitrogens with zero attached hydrogens (tertiary/aromatic N) is 2. The second-order valence-electron chi connectivity index (χ2n) is 5.61. The molecule has 0 spiro atoms. The second-order valence-corrected chi connectivity index (χ2v) is 8.08. The van der Waals surface area contributed by atoms with Gasteiger partial charge in [0.15, 0.2) is 0 Å². The van der Waals surface area contributed by atoms with Crippen molar-refractivity contribution in [2.45, 2.75) is 38.3 Å². The molecular weight excluding hydrogens is 264 g/mol. The first-order valence-electron chi connectivity index (χ1n) is 7.13. The predicted octanol–water partition coefficient (Wildman–Crippen LogP) is 0.198. The van der Waals surface area contributed by atoms with E-state index >= 15 is 0 Å². The molecule has 0 aliphatic carbocycles. The van der Waals surface area contributed by atoms with Gasteiger partial charge in [-0.05, 0) is 46.4 Å². The number of hydrogen-bond donors (Lipinski definition) is 1. The van der Waals surface area contributed by atoms with Gasteiger partial charge >= 0.3 is 0 Å². The number of sulfone groups is 1. The van der Waals surface area contributed by atoms with Crippen molar-refractivity contribution < 1.29 is 13.5 Å². The van der Waals surface area contributed by atoms with Crippen LogP contribution in [0, 0.1) is 0 Å². The fraction of sp³-hybridized carbons (Fsp3) is 1.00. The van der Waals surface area contributed by atoms with Crippen molar-refractivity contribution in [3.63, 3.8) is 0 Å². The van der Waals surface area contributed by atoms with E-state index in [0.29, 0.717) is 12.8 Å². The van der Waals surface area contributed by atoms with Crippen LogP contribution in [-0.4, -0.2) is 80.7 Å². The number of hydrogen-bond acceptors (Lipinski definition) is 5. The summed E-state index contributed by atoms with van der Waals surface area (Å²) in [5, 5.41) is 10.3. The van der Waals surface area contributed by atoms with Gasteiger partial charge in [-0.2, -0.15) is 0 Å². The highest BCUT2D eigenvalue weighted by Gasteiger charge is 2.27. The van der Waals surface area contributed by atoms with Crippen molar-refractivity contribution >= 4 is 9.84 Å². The van der Waals surface area contributed by atoms with Crippen LogP contribution in [0.15, 0.2) is 0 Å². The molecule has 5 nitrogen and oxygen atoms in total. The van der Waals surface area contributed by atoms with E-state index in [1.54, 1.807) is 6.92 Å². The first-order valence-corrected chi connectivity index (χ1v) is 8.95. The first-order chi connectivity index (χ1) is 8.85. The summed E-state index contributed by atoms with van der Waals surface area (Å²) in [5.74, 6) is 0.377. The molecule has 0 radical (unpaired) electrons. The highest BCUT2D eigenvalue weighted by atomic mass is 32.2. The van der Waals surface area contributed by atoms with Crippen LogP contribution in [0.3, 0.4) is 0 Å². The van der Waals surface area contributed by atoms with Crippen LogP contribution in [0.4, 0.5) is 0 Å². The molecule has 6 heteroatoms. The molecule has 0 aromatic carbocycles. The molecule has 0 bridgehead atoms. The van der Waals surface area contributed by atoms with Gasteiger partial charge in [0.2, 0.25) is 0 Å². The summed E-state index contributed by atoms with van der Waals surface area (Å²) < 4.78 is 22.9. The van der Waals surface area contributed by atoms with Gasteiger partial charge in [0.25, 0.3) is 0 Å². The number of aliphatic hydroxyl groups is 1. The maximum Gasteiger partial charge on any atom is 0.150 e. The van der Waals surface area contributed by atoms with Crippen molar-refractivity contribution in [2.75, 3.05) is 45.2 Å². The Labute approximate surface area is 117 Å². The molecule has 1 saturated heterocycles. The van der Waals surface area contributed by atoms with Gasteiger partial charge in [-0.3, -0.25) is 4.90 Å². The Morgan fingerprint density at radius 3 is 2.63 bits per heavy atom. The zero-order valence-electron chi connectivity index (χ0n) is 12.4. The van der Waals surface area contributed by atoms with E-state index in [4.69, 9.17) is 0 Å². The van der Waals surface area contributed by atoms with E-state index in [2.05, 4.69) is 16.8 Å². The van der Waals surface area contributed by atoms with Crippen LogP contribution in [0.25, 0.3) is 0 Å². The Hall–Kier alpha value is -0.170. The van der Waals surface area contributed by atoms with E-state index in [9.17, 15) is 13.5 Å². The van der Waals surface area contributed by atoms with Gasteiger partial charge in [0, 0.05) is 18.3 Å². The Bertz CT molecular complexity index is 359. The van der Waals surface area contributed by atoms with Crippen LogP contribution in [0.5, 0.6) is 0 Å². The Morgan fingerprint density at radius 1 is 1.32 bits per heavy atom. The summed E-state index contributed by atoms with van der Waals surface area (Å²) in [5.41, 5.74) is 0. The van der Waals surface area contributed by atoms with Gasteiger partial charge in [-0.15, -0.1) is 0 Å². The van der Waals surface area contributed by atoms with Crippen molar-refractivity contribution in [1.82, 2.24) is 9.80 Å². The summed E-state index contributed by atoms with van der Waals surface area (Å²) in [7, 11) is 1.19. The van der Waals surface area contributed by atoms with Gasteiger partial charge in [-0.25, -0.2) is 8.42 Å². The van der Waals surface area contributed by atoms with Crippen LogP contribution in [0.2, 0.25) is 0 Å². The van der Waals surface area contributed by atoms with Gasteiger partial charge in [-0.1, -0.05) is 6.92 Å². The van der Waals surface area contributed by atoms with Crippen molar-refractivity contribution in [3.8, 4) is 0 Å². The standard InChI is InChI=1S/C13H28N2O3S/c1-4-19(17,18)10-5-7-13(16)12-11-14(2)8-6-9-15(12)3/h12-13,16H,4-11H2,1-3H3. The molecule has 1 rings (SSSR count). The van der Waals surface area contributed by atoms with E-state index in [-0.39, 0.29) is 17.5 Å². The first kappa shape index (κ1) is 16.9. The maximum absolute atomic E-state index is 11.4. The molecule has 1 N–H and O–H groups in total. The van der Waals surface area contributed by atoms with Crippen molar-refractivity contribution in [1.29, 1.82) is 0 Å². The number of likely N-dealkylation sites (N-methyl/N-ethyl adjacent to an activating group) is 2. The lowest BCUT2D eigenvalue weighted by molar-refractivity contribution is 0.0516. The molecule has 2 unspecified atom stereocenters. The topological polar surface area (TPSA) is 60.9 Å². The summed E-state index contributed by atoms with van der Waals surface area (Å²) in [6, 6.07) is 0.108. The van der Waals surface area contributed by atoms with Crippen molar-refractivity contribution in [2.24, 2.45) is 0 Å². The minimum Gasteiger partial charge on any atom is -0.391 e. The van der Waals surface area contributed by atoms with Gasteiger partial charge in [0.05, 0.1) is 11.9 Å². The van der Waals surface area contributed by atoms with Crippen LogP contribution in [0.1, 0.15) is 26.2 Å². The van der Waals surface area contributed by atoms with Crippen LogP contribution < -0.4 is 0 Å². The minimum atomic E-state index is -2.91. The fourth-order valence-corrected chi connectivity index (χ4v) is 3.47. The minimum absolute atomic E-state index is 0.108. The van der Waals surface area contributed by atoms with Crippen molar-refractivity contribution in [3.05, 3.63) is 0 Å². The molecular formula is C13H28N2O3S. The zero-order chi connectivity index (χ0) is 14.5. The molecule has 2 atom stereocenters. The molecule has 19 heavy (non-hydrogen) atoms. The SMILES string of the molecule is CCS(=O)(=O)CCCC(O)C1CN(C)CCCN1C. The molecule has 114 valence electrons. The fourth-order valence-electron chi connectivity index (χ4n) is 2.57. The number of rotatable bonds is 6. The number of aliphatic hydroxyl groups excluding tert-OH is 1. The summed E-state index contributed by atoms with van der Waals surface area (Å²) in [6.07, 6.45) is 1.77. The third-order valence-electron chi connectivity index (χ3n) is 3.95. The van der Waals surface area contributed by atoms with Crippen LogP contribution in [-0.2, 0) is 9.84 Å². The van der Waals surface area contributed by atoms with Crippen LogP contribution >= 0.6 is 0 Å². The Balaban J connectivity index is 2.44. The predicted molar refractivity (Wildman–Crippen MR) is 78.1 cm³/mol. The van der Waals surface area contributed by atoms with Gasteiger partial charge < -0.3 is 10.0 Å². The summed E-state index contributed by atoms with van der Waals surface area (Å²) in [6.45, 7) is 4.55. The molecule has 0 aromatic heterocycles. The lowest BCUT2D eigenvalue weighted by Crippen LogP contribution is -2.46. The molecule has 0 amide bonds. The maximum atomic E-state index is 11.4. The van der Waals surface area contributed by atoms with E-state index in [1.807, 2.05) is 7.05 Å². The monoisotopic (exact) mass is 292 g/mol. The molecule has 0 aromatic rings. The summed E-state index contributed by atoms with van der Waals surface area (Å²) in [4.78, 5) is 4.43. The average Bonchev–Trinajstić information content (AvgIpc) is 2.51. The lowest BCUT2D eigenvalue weighted by atomic mass is 10.1. The van der Waals surface area contributed by atoms with E-state index in [0.717, 1.165) is 26.1 Å². The lowest BCUT2D eigenvalue weighted by Gasteiger charge is -2.31. The summed E-state index contributed by atoms with van der Waals surface area (Å²) >= 11 is 0. The molecule has 1 aliphatic heterocycles. The average molecular weight is 292 g/mol. The molecule has 1 fully saturated rings. The third-order valence-corrected chi connectivity index (χ3v) is 5.75. The largest absolute Gasteiger partial charge is 0.391 e. The highest BCUT2D eigenvalue weighted by molar-refractivity contribution is 7.91. The smallest absolute Gasteiger partial charge is 0.150 e. The molecule has 0 saturated carbocycles. The van der Waals surface area contributed by atoms with Gasteiger partial charge in [0.1, 0.15) is 9.84 Å². The zero-order valence-corrected chi connectivity index (χ0v) is 13.2. The highest BCUT2D eigenvalue weighted by Crippen LogP contribution is 2.14. The molecule has 1 heterocycles. The Kier molecular flexibility index (Phi) is 6.73. The van der Waals surface area contributed by atoms with E-state index < -0.39 is 15.9 Å². The Morgan fingerprint density at radius 2 is 2.00 bits per heavy atom. The molecule has 1 aliphatic rings. The second kappa shape index (κ2) is 7.57. The normalized spacial score (nSPS) is 25.2. The van der Waals surface area contributed by atoms with E-state index in [1.165, 1.54) is 0 Å². The quantitative estimate of drug-likeness (QED) is 0.758.